The van der Waals surface area contributed by atoms with Gasteiger partial charge in [0.2, 0.25) is 11.8 Å². The third-order valence-corrected chi connectivity index (χ3v) is 7.40. The van der Waals surface area contributed by atoms with Crippen molar-refractivity contribution in [3.8, 4) is 17.2 Å². The first-order valence-electron chi connectivity index (χ1n) is 12.4. The van der Waals surface area contributed by atoms with Gasteiger partial charge in [-0.15, -0.1) is 0 Å². The lowest BCUT2D eigenvalue weighted by atomic mass is 10.0. The van der Waals surface area contributed by atoms with Crippen molar-refractivity contribution in [2.45, 2.75) is 39.0 Å². The number of hydrogen-bond donors (Lipinski definition) is 1. The van der Waals surface area contributed by atoms with E-state index in [1.54, 1.807) is 49.6 Å². The normalized spacial score (nSPS) is 16.6. The second kappa shape index (κ2) is 10.9. The van der Waals surface area contributed by atoms with Gasteiger partial charge in [0.25, 0.3) is 0 Å². The fraction of sp³-hybridized carbons (Fsp3) is 0.250. The Morgan fingerprint density at radius 2 is 1.93 bits per heavy atom. The molecule has 2 aromatic carbocycles. The van der Waals surface area contributed by atoms with Crippen LogP contribution in [-0.4, -0.2) is 61.0 Å². The Bertz CT molecular complexity index is 1700. The number of nitrogens with zero attached hydrogens (tertiary/aromatic N) is 6. The zero-order chi connectivity index (χ0) is 28.6. The number of carbonyl (C=O) groups excluding carboxylic acids is 3. The molecule has 1 saturated heterocycles. The number of nitriles is 1. The molecule has 4 aromatic rings. The zero-order valence-electron chi connectivity index (χ0n) is 21.6. The Morgan fingerprint density at radius 3 is 2.62 bits per heavy atom. The molecule has 2 aromatic heterocycles. The minimum absolute atomic E-state index is 0.173. The fourth-order valence-corrected chi connectivity index (χ4v) is 5.22. The number of aromatic nitrogens is 4. The van der Waals surface area contributed by atoms with E-state index < -0.39 is 24.0 Å². The average molecular weight is 604 g/mol. The van der Waals surface area contributed by atoms with Gasteiger partial charge >= 0.3 is 0 Å². The van der Waals surface area contributed by atoms with Crippen molar-refractivity contribution in [3.05, 3.63) is 70.3 Å². The van der Waals surface area contributed by atoms with E-state index in [0.717, 1.165) is 11.1 Å². The highest BCUT2D eigenvalue weighted by atomic mass is 79.9. The molecule has 3 heterocycles. The van der Waals surface area contributed by atoms with E-state index in [4.69, 9.17) is 0 Å². The number of carbonyl (C=O) groups is 3. The number of Topliss-reactive ketones (excluding diaryl/α,β-unsaturated/α-hetero) is 1. The molecule has 0 aliphatic carbocycles. The molecule has 10 nitrogen and oxygen atoms in total. The predicted octanol–water partition coefficient (Wildman–Crippen LogP) is 4.22. The van der Waals surface area contributed by atoms with Crippen molar-refractivity contribution < 1.29 is 18.8 Å². The maximum absolute atomic E-state index is 14.5. The maximum atomic E-state index is 14.5. The number of rotatable bonds is 6. The van der Waals surface area contributed by atoms with Gasteiger partial charge in [0.05, 0.1) is 23.3 Å². The van der Waals surface area contributed by atoms with Crippen molar-refractivity contribution >= 4 is 50.1 Å². The number of fused-ring (bicyclic) bond motifs is 1. The Labute approximate surface area is 237 Å². The minimum atomic E-state index is -1.39. The van der Waals surface area contributed by atoms with Crippen LogP contribution in [0.4, 0.5) is 10.1 Å². The second-order valence-corrected chi connectivity index (χ2v) is 10.3. The highest BCUT2D eigenvalue weighted by molar-refractivity contribution is 9.10. The average Bonchev–Trinajstić information content (AvgIpc) is 3.50. The Hall–Kier alpha value is -4.50. The predicted molar refractivity (Wildman–Crippen MR) is 148 cm³/mol. The summed E-state index contributed by atoms with van der Waals surface area (Å²) in [5.41, 5.74) is 2.75. The number of benzene rings is 2. The van der Waals surface area contributed by atoms with Crippen LogP contribution in [0.25, 0.3) is 22.0 Å². The molecule has 1 aliphatic rings. The van der Waals surface area contributed by atoms with Crippen molar-refractivity contribution in [2.24, 2.45) is 0 Å². The van der Waals surface area contributed by atoms with Crippen molar-refractivity contribution in [2.75, 3.05) is 11.9 Å². The first-order chi connectivity index (χ1) is 19.2. The summed E-state index contributed by atoms with van der Waals surface area (Å²) in [6.07, 6.45) is 1.81. The van der Waals surface area contributed by atoms with Crippen LogP contribution in [0.2, 0.25) is 0 Å². The number of ketones is 1. The molecule has 12 heteroatoms. The molecule has 1 aliphatic heterocycles. The number of hydrogen-bond acceptors (Lipinski definition) is 7. The van der Waals surface area contributed by atoms with E-state index in [1.165, 1.54) is 16.5 Å². The molecule has 40 heavy (non-hydrogen) atoms. The van der Waals surface area contributed by atoms with Gasteiger partial charge in [0.1, 0.15) is 36.3 Å². The number of nitrogens with one attached hydrogen (secondary N) is 1. The van der Waals surface area contributed by atoms with Crippen molar-refractivity contribution in [1.29, 1.82) is 5.26 Å². The summed E-state index contributed by atoms with van der Waals surface area (Å²) in [6, 6.07) is 11.2. The molecule has 0 unspecified atom stereocenters. The summed E-state index contributed by atoms with van der Waals surface area (Å²) < 4.78 is 16.4. The number of amides is 2. The Balaban J connectivity index is 1.41. The van der Waals surface area contributed by atoms with Crippen LogP contribution >= 0.6 is 15.9 Å². The topological polar surface area (TPSA) is 134 Å². The summed E-state index contributed by atoms with van der Waals surface area (Å²) in [6.45, 7) is 2.62. The van der Waals surface area contributed by atoms with Crippen molar-refractivity contribution in [3.63, 3.8) is 0 Å². The molecule has 5 rings (SSSR count). The van der Waals surface area contributed by atoms with Gasteiger partial charge < -0.3 is 10.2 Å². The van der Waals surface area contributed by atoms with E-state index >= 15 is 0 Å². The Morgan fingerprint density at radius 1 is 1.18 bits per heavy atom. The van der Waals surface area contributed by atoms with Crippen LogP contribution in [0.1, 0.15) is 35.2 Å². The first-order valence-corrected chi connectivity index (χ1v) is 13.2. The zero-order valence-corrected chi connectivity index (χ0v) is 23.1. The lowest BCUT2D eigenvalue weighted by molar-refractivity contribution is -0.137. The molecule has 2 atom stereocenters. The van der Waals surface area contributed by atoms with E-state index in [-0.39, 0.29) is 42.2 Å². The third kappa shape index (κ3) is 5.20. The first kappa shape index (κ1) is 27.1. The molecule has 0 radical (unpaired) electrons. The lowest BCUT2D eigenvalue weighted by Gasteiger charge is -2.24. The molecule has 1 N–H and O–H groups in total. The monoisotopic (exact) mass is 603 g/mol. The van der Waals surface area contributed by atoms with Crippen LogP contribution in [-0.2, 0) is 16.1 Å². The van der Waals surface area contributed by atoms with Gasteiger partial charge in [-0.25, -0.2) is 14.4 Å². The van der Waals surface area contributed by atoms with E-state index in [9.17, 15) is 24.0 Å². The number of likely N-dealkylation sites (tertiary alicyclic amines) is 1. The molecule has 1 fully saturated rings. The summed E-state index contributed by atoms with van der Waals surface area (Å²) in [5, 5.41) is 17.0. The summed E-state index contributed by atoms with van der Waals surface area (Å²) in [4.78, 5) is 48.6. The van der Waals surface area contributed by atoms with Gasteiger partial charge in [0, 0.05) is 41.2 Å². The quantitative estimate of drug-likeness (QED) is 0.326. The smallest absolute Gasteiger partial charge is 0.247 e. The van der Waals surface area contributed by atoms with E-state index in [1.807, 2.05) is 12.1 Å². The molecule has 2 amide bonds. The Kier molecular flexibility index (Phi) is 7.40. The number of anilines is 1. The third-order valence-electron chi connectivity index (χ3n) is 6.74. The van der Waals surface area contributed by atoms with Crippen molar-refractivity contribution in [1.82, 2.24) is 24.6 Å². The second-order valence-electron chi connectivity index (χ2n) is 9.47. The lowest BCUT2D eigenvalue weighted by Crippen LogP contribution is -2.44. The number of halogens is 2. The van der Waals surface area contributed by atoms with Gasteiger partial charge in [-0.3, -0.25) is 19.1 Å². The molecular formula is C28H23BrFN7O3. The van der Waals surface area contributed by atoms with Crippen LogP contribution in [0.5, 0.6) is 0 Å². The van der Waals surface area contributed by atoms with Gasteiger partial charge in [-0.2, -0.15) is 10.4 Å². The van der Waals surface area contributed by atoms with Crippen LogP contribution in [0.15, 0.2) is 53.3 Å². The molecule has 0 spiro atoms. The van der Waals surface area contributed by atoms with Gasteiger partial charge in [-0.05, 0) is 52.7 Å². The summed E-state index contributed by atoms with van der Waals surface area (Å²) in [7, 11) is 0. The molecule has 202 valence electrons. The number of alkyl halides is 1. The highest BCUT2D eigenvalue weighted by Crippen LogP contribution is 2.29. The molecular weight excluding hydrogens is 581 g/mol. The molecule has 0 bridgehead atoms. The van der Waals surface area contributed by atoms with Crippen LogP contribution in [0.3, 0.4) is 0 Å². The van der Waals surface area contributed by atoms with Gasteiger partial charge in [-0.1, -0.05) is 12.1 Å². The van der Waals surface area contributed by atoms with E-state index in [2.05, 4.69) is 36.3 Å². The summed E-state index contributed by atoms with van der Waals surface area (Å²) >= 11 is 3.28. The minimum Gasteiger partial charge on any atom is -0.326 e. The van der Waals surface area contributed by atoms with E-state index in [0.29, 0.717) is 21.2 Å². The molecule has 0 saturated carbocycles. The highest BCUT2D eigenvalue weighted by Gasteiger charge is 2.40. The van der Waals surface area contributed by atoms with Gasteiger partial charge in [0.15, 0.2) is 5.78 Å². The maximum Gasteiger partial charge on any atom is 0.247 e. The summed E-state index contributed by atoms with van der Waals surface area (Å²) in [5.74, 6) is -0.765. The SMILES string of the molecule is CC(=O)c1nn(CC(=O)N2C[C@H](F)C[C@H]2C(=O)Nc2cccc(Br)c2C#N)c2ccc(-c3cnc(C)nc3)cc12. The van der Waals surface area contributed by atoms with Crippen LogP contribution in [0, 0.1) is 18.3 Å². The van der Waals surface area contributed by atoms with Crippen LogP contribution < -0.4 is 5.32 Å². The largest absolute Gasteiger partial charge is 0.326 e. The number of aryl methyl sites for hydroxylation is 1. The standard InChI is InChI=1S/C28H23BrFN7O3/c1-15(38)27-20-8-17(18-11-32-16(2)33-12-18)6-7-24(20)37(35-27)14-26(39)36-13-19(30)9-25(36)28(40)34-23-5-3-4-22(29)21(23)10-31/h3-8,11-12,19,25H,9,13-14H2,1-2H3,(H,34,40)/t19-,25+/m1/s1. The fourth-order valence-electron chi connectivity index (χ4n) is 4.77.